The smallest absolute Gasteiger partial charge is 0.176 e. The molecule has 2 aromatic rings. The maximum atomic E-state index is 12.7. The van der Waals surface area contributed by atoms with Crippen LogP contribution in [0.2, 0.25) is 6.32 Å². The van der Waals surface area contributed by atoms with E-state index in [-0.39, 0.29) is 23.4 Å². The van der Waals surface area contributed by atoms with Gasteiger partial charge in [0.05, 0.1) is 13.2 Å². The van der Waals surface area contributed by atoms with Gasteiger partial charge < -0.3 is 4.52 Å². The van der Waals surface area contributed by atoms with Crippen LogP contribution in [0.4, 0.5) is 4.39 Å². The fourth-order valence-electron chi connectivity index (χ4n) is 1.21. The van der Waals surface area contributed by atoms with Crippen LogP contribution in [0.1, 0.15) is 10.5 Å². The topological polar surface area (TPSA) is 43.1 Å². The first-order valence-corrected chi connectivity index (χ1v) is 4.00. The zero-order valence-electron chi connectivity index (χ0n) is 7.16. The van der Waals surface area contributed by atoms with Gasteiger partial charge in [-0.05, 0) is 18.5 Å². The van der Waals surface area contributed by atoms with Crippen LogP contribution in [-0.2, 0) is 0 Å². The van der Waals surface area contributed by atoms with Crippen molar-refractivity contribution in [2.45, 2.75) is 6.32 Å². The van der Waals surface area contributed by atoms with Crippen molar-refractivity contribution in [3.05, 3.63) is 29.7 Å². The number of carbonyl (C=O) groups is 1. The molecule has 1 aromatic heterocycles. The minimum absolute atomic E-state index is 0.140. The first kappa shape index (κ1) is 8.93. The fraction of sp³-hybridized carbons (Fsp3) is 0.111. The zero-order chi connectivity index (χ0) is 10.1. The summed E-state index contributed by atoms with van der Waals surface area (Å²) < 4.78 is 17.5. The van der Waals surface area contributed by atoms with Crippen LogP contribution in [-0.4, -0.2) is 18.8 Å². The van der Waals surface area contributed by atoms with Crippen LogP contribution in [0.15, 0.2) is 22.7 Å². The minimum Gasteiger partial charge on any atom is -0.355 e. The van der Waals surface area contributed by atoms with E-state index in [2.05, 4.69) is 5.16 Å². The molecule has 0 saturated heterocycles. The SMILES string of the molecule is [B]CC(=O)c1noc2cc(F)ccc12. The Hall–Kier alpha value is -1.65. The average Bonchev–Trinajstić information content (AvgIpc) is 2.59. The van der Waals surface area contributed by atoms with E-state index in [1.165, 1.54) is 18.2 Å². The predicted molar refractivity (Wildman–Crippen MR) is 48.9 cm³/mol. The maximum Gasteiger partial charge on any atom is 0.176 e. The van der Waals surface area contributed by atoms with Gasteiger partial charge in [-0.25, -0.2) is 4.39 Å². The fourth-order valence-corrected chi connectivity index (χ4v) is 1.21. The van der Waals surface area contributed by atoms with Gasteiger partial charge >= 0.3 is 0 Å². The number of Topliss-reactive ketones (excluding diaryl/α,β-unsaturated/α-hetero) is 1. The highest BCUT2D eigenvalue weighted by atomic mass is 19.1. The Bertz CT molecular complexity index is 495. The van der Waals surface area contributed by atoms with E-state index in [0.29, 0.717) is 5.39 Å². The van der Waals surface area contributed by atoms with Gasteiger partial charge in [0.25, 0.3) is 0 Å². The highest BCUT2D eigenvalue weighted by Crippen LogP contribution is 2.20. The summed E-state index contributed by atoms with van der Waals surface area (Å²) in [5, 5.41) is 4.02. The van der Waals surface area contributed by atoms with Gasteiger partial charge in [0.15, 0.2) is 17.1 Å². The predicted octanol–water partition coefficient (Wildman–Crippen LogP) is 1.74. The van der Waals surface area contributed by atoms with Crippen molar-refractivity contribution in [2.24, 2.45) is 0 Å². The monoisotopic (exact) mass is 189 g/mol. The van der Waals surface area contributed by atoms with E-state index in [4.69, 9.17) is 12.4 Å². The summed E-state index contributed by atoms with van der Waals surface area (Å²) in [6.45, 7) is 0. The number of halogens is 1. The Kier molecular flexibility index (Phi) is 2.07. The molecule has 0 bridgehead atoms. The van der Waals surface area contributed by atoms with Crippen LogP contribution in [0.5, 0.6) is 0 Å². The molecule has 68 valence electrons. The largest absolute Gasteiger partial charge is 0.355 e. The van der Waals surface area contributed by atoms with E-state index in [1.807, 2.05) is 0 Å². The van der Waals surface area contributed by atoms with Crippen molar-refractivity contribution < 1.29 is 13.7 Å². The van der Waals surface area contributed by atoms with Crippen LogP contribution < -0.4 is 0 Å². The van der Waals surface area contributed by atoms with E-state index in [1.54, 1.807) is 0 Å². The Morgan fingerprint density at radius 3 is 3.07 bits per heavy atom. The molecule has 2 rings (SSSR count). The van der Waals surface area contributed by atoms with Gasteiger partial charge in [-0.1, -0.05) is 5.16 Å². The number of nitrogens with zero attached hydrogens (tertiary/aromatic N) is 1. The van der Waals surface area contributed by atoms with Crippen molar-refractivity contribution in [2.75, 3.05) is 0 Å². The van der Waals surface area contributed by atoms with Gasteiger partial charge in [0, 0.05) is 6.07 Å². The third kappa shape index (κ3) is 1.30. The molecule has 0 aliphatic rings. The normalized spacial score (nSPS) is 10.6. The molecular weight excluding hydrogens is 184 g/mol. The van der Waals surface area contributed by atoms with Crippen molar-refractivity contribution in [3.63, 3.8) is 0 Å². The first-order valence-electron chi connectivity index (χ1n) is 4.00. The number of fused-ring (bicyclic) bond motifs is 1. The third-order valence-corrected chi connectivity index (χ3v) is 1.88. The Morgan fingerprint density at radius 2 is 2.36 bits per heavy atom. The Balaban J connectivity index is 2.64. The van der Waals surface area contributed by atoms with Crippen LogP contribution in [0.25, 0.3) is 11.0 Å². The maximum absolute atomic E-state index is 12.7. The lowest BCUT2D eigenvalue weighted by Gasteiger charge is -1.90. The minimum atomic E-state index is -0.430. The Morgan fingerprint density at radius 1 is 1.57 bits per heavy atom. The number of hydrogen-bond acceptors (Lipinski definition) is 3. The lowest BCUT2D eigenvalue weighted by Crippen LogP contribution is -1.97. The van der Waals surface area contributed by atoms with Crippen molar-refractivity contribution in [1.29, 1.82) is 0 Å². The summed E-state index contributed by atoms with van der Waals surface area (Å²) in [6, 6.07) is 3.87. The average molecular weight is 189 g/mol. The number of rotatable bonds is 2. The Labute approximate surface area is 80.3 Å². The second-order valence-corrected chi connectivity index (χ2v) is 2.80. The highest BCUT2D eigenvalue weighted by Gasteiger charge is 2.14. The van der Waals surface area contributed by atoms with Crippen molar-refractivity contribution in [1.82, 2.24) is 5.16 Å². The van der Waals surface area contributed by atoms with Gasteiger partial charge in [-0.2, -0.15) is 0 Å². The molecule has 0 N–H and O–H groups in total. The third-order valence-electron chi connectivity index (χ3n) is 1.88. The molecule has 0 atom stereocenters. The second-order valence-electron chi connectivity index (χ2n) is 2.80. The number of hydrogen-bond donors (Lipinski definition) is 0. The molecule has 0 unspecified atom stereocenters. The quantitative estimate of drug-likeness (QED) is 0.533. The summed E-state index contributed by atoms with van der Waals surface area (Å²) in [5.74, 6) is -0.754. The van der Waals surface area contributed by atoms with Gasteiger partial charge in [0.1, 0.15) is 5.82 Å². The molecule has 1 aromatic carbocycles. The second kappa shape index (κ2) is 3.25. The van der Waals surface area contributed by atoms with E-state index in [9.17, 15) is 9.18 Å². The summed E-state index contributed by atoms with van der Waals surface area (Å²) >= 11 is 0. The summed E-state index contributed by atoms with van der Waals surface area (Å²) in [7, 11) is 5.18. The van der Waals surface area contributed by atoms with E-state index >= 15 is 0 Å². The van der Waals surface area contributed by atoms with Crippen LogP contribution in [0, 0.1) is 5.82 Å². The van der Waals surface area contributed by atoms with Crippen molar-refractivity contribution >= 4 is 24.6 Å². The molecule has 0 fully saturated rings. The van der Waals surface area contributed by atoms with E-state index in [0.717, 1.165) is 0 Å². The summed E-state index contributed by atoms with van der Waals surface area (Å²) in [6.07, 6.45) is -0.140. The molecule has 14 heavy (non-hydrogen) atoms. The zero-order valence-corrected chi connectivity index (χ0v) is 7.16. The van der Waals surface area contributed by atoms with Crippen LogP contribution >= 0.6 is 0 Å². The van der Waals surface area contributed by atoms with Gasteiger partial charge in [0.2, 0.25) is 0 Å². The molecule has 0 saturated carbocycles. The number of aromatic nitrogens is 1. The standard InChI is InChI=1S/C9H5BFNO2/c10-4-7(13)9-6-2-1-5(11)3-8(6)14-12-9/h1-3H,4H2. The van der Waals surface area contributed by atoms with E-state index < -0.39 is 5.82 Å². The highest BCUT2D eigenvalue weighted by molar-refractivity contribution is 6.25. The molecule has 0 aliphatic heterocycles. The molecule has 5 heteroatoms. The number of benzene rings is 1. The van der Waals surface area contributed by atoms with Gasteiger partial charge in [-0.3, -0.25) is 4.79 Å². The number of carbonyl (C=O) groups excluding carboxylic acids is 1. The first-order chi connectivity index (χ1) is 6.72. The molecule has 2 radical (unpaired) electrons. The molecule has 3 nitrogen and oxygen atoms in total. The number of ketones is 1. The van der Waals surface area contributed by atoms with Crippen molar-refractivity contribution in [3.8, 4) is 0 Å². The lowest BCUT2D eigenvalue weighted by molar-refractivity contribution is 0.101. The summed E-state index contributed by atoms with van der Waals surface area (Å²) in [4.78, 5) is 11.2. The summed E-state index contributed by atoms with van der Waals surface area (Å²) in [5.41, 5.74) is 0.407. The lowest BCUT2D eigenvalue weighted by atomic mass is 9.97. The molecule has 0 amide bonds. The molecule has 0 aliphatic carbocycles. The van der Waals surface area contributed by atoms with Gasteiger partial charge in [-0.15, -0.1) is 0 Å². The molecule has 0 spiro atoms. The molecular formula is C9H5BFNO2. The van der Waals surface area contributed by atoms with Crippen LogP contribution in [0.3, 0.4) is 0 Å². The molecule has 1 heterocycles.